The molecule has 0 saturated heterocycles. The van der Waals surface area contributed by atoms with Crippen molar-refractivity contribution in [3.8, 4) is 11.8 Å². The number of rotatable bonds is 0. The largest absolute Gasteiger partial charge is 0.286 e. The number of fused-ring (bicyclic) bond motifs is 1. The Morgan fingerprint density at radius 1 is 1.31 bits per heavy atom. The zero-order chi connectivity index (χ0) is 9.26. The van der Waals surface area contributed by atoms with Crippen LogP contribution in [0.3, 0.4) is 0 Å². The summed E-state index contributed by atoms with van der Waals surface area (Å²) in [5.41, 5.74) is 0.512. The van der Waals surface area contributed by atoms with Gasteiger partial charge in [-0.25, -0.2) is 4.99 Å². The van der Waals surface area contributed by atoms with Crippen LogP contribution in [-0.2, 0) is 4.79 Å². The van der Waals surface area contributed by atoms with E-state index < -0.39 is 0 Å². The van der Waals surface area contributed by atoms with E-state index in [1.54, 1.807) is 6.92 Å². The van der Waals surface area contributed by atoms with Crippen LogP contribution in [0.25, 0.3) is 5.57 Å². The molecule has 0 N–H and O–H groups in total. The molecule has 13 heavy (non-hydrogen) atoms. The van der Waals surface area contributed by atoms with Crippen LogP contribution in [-0.4, -0.2) is 5.91 Å². The monoisotopic (exact) mass is 169 g/mol. The van der Waals surface area contributed by atoms with Gasteiger partial charge in [0.1, 0.15) is 5.57 Å². The highest BCUT2D eigenvalue weighted by atomic mass is 16.1. The third-order valence-electron chi connectivity index (χ3n) is 1.86. The number of benzene rings is 1. The third kappa shape index (κ3) is 1.15. The standard InChI is InChI=1S/C11H7NO/c1-2-5-9-8-6-3-4-7-10(8)12-11(9)13/h3-4,6-7H,1H3. The molecule has 1 aliphatic rings. The Balaban J connectivity index is 2.89. The maximum absolute atomic E-state index is 11.3. The third-order valence-corrected chi connectivity index (χ3v) is 1.86. The van der Waals surface area contributed by atoms with Crippen LogP contribution in [0.2, 0.25) is 0 Å². The van der Waals surface area contributed by atoms with Gasteiger partial charge in [-0.15, -0.1) is 5.92 Å². The van der Waals surface area contributed by atoms with Crippen LogP contribution < -0.4 is 10.6 Å². The van der Waals surface area contributed by atoms with Gasteiger partial charge in [-0.3, -0.25) is 4.79 Å². The molecule has 0 fully saturated rings. The molecule has 0 aliphatic carbocycles. The fourth-order valence-electron chi connectivity index (χ4n) is 1.31. The number of carbonyl (C=O) groups excluding carboxylic acids is 1. The van der Waals surface area contributed by atoms with Gasteiger partial charge in [0.25, 0.3) is 5.91 Å². The Morgan fingerprint density at radius 2 is 2.08 bits per heavy atom. The molecule has 1 heterocycles. The van der Waals surface area contributed by atoms with Gasteiger partial charge < -0.3 is 0 Å². The van der Waals surface area contributed by atoms with Gasteiger partial charge in [0.05, 0.1) is 5.36 Å². The van der Waals surface area contributed by atoms with Gasteiger partial charge in [0, 0.05) is 5.22 Å². The summed E-state index contributed by atoms with van der Waals surface area (Å²) in [5, 5.41) is 1.58. The summed E-state index contributed by atoms with van der Waals surface area (Å²) < 4.78 is 0. The molecule has 0 aromatic heterocycles. The van der Waals surface area contributed by atoms with E-state index in [9.17, 15) is 4.79 Å². The van der Waals surface area contributed by atoms with Gasteiger partial charge in [0.15, 0.2) is 0 Å². The molecule has 0 atom stereocenters. The number of hydrogen-bond donors (Lipinski definition) is 0. The molecule has 62 valence electrons. The SMILES string of the molecule is CC#CC1=c2ccccc2=NC1=O. The van der Waals surface area contributed by atoms with E-state index in [0.717, 1.165) is 10.6 Å². The van der Waals surface area contributed by atoms with Crippen LogP contribution in [0.5, 0.6) is 0 Å². The Morgan fingerprint density at radius 3 is 2.85 bits per heavy atom. The molecule has 0 unspecified atom stereocenters. The smallest absolute Gasteiger partial charge is 0.266 e. The maximum atomic E-state index is 11.3. The number of para-hydroxylation sites is 1. The second-order valence-corrected chi connectivity index (χ2v) is 2.68. The fourth-order valence-corrected chi connectivity index (χ4v) is 1.31. The van der Waals surface area contributed by atoms with E-state index in [-0.39, 0.29) is 5.91 Å². The Kier molecular flexibility index (Phi) is 1.71. The van der Waals surface area contributed by atoms with Gasteiger partial charge >= 0.3 is 0 Å². The molecule has 1 amide bonds. The van der Waals surface area contributed by atoms with Crippen molar-refractivity contribution in [3.05, 3.63) is 34.8 Å². The summed E-state index contributed by atoms with van der Waals surface area (Å²) in [6.45, 7) is 1.71. The zero-order valence-corrected chi connectivity index (χ0v) is 7.16. The van der Waals surface area contributed by atoms with Crippen LogP contribution in [0, 0.1) is 11.8 Å². The van der Waals surface area contributed by atoms with Crippen LogP contribution >= 0.6 is 0 Å². The van der Waals surface area contributed by atoms with Crippen molar-refractivity contribution in [2.24, 2.45) is 4.99 Å². The van der Waals surface area contributed by atoms with Gasteiger partial charge in [0.2, 0.25) is 0 Å². The average Bonchev–Trinajstić information content (AvgIpc) is 2.44. The van der Waals surface area contributed by atoms with Crippen molar-refractivity contribution < 1.29 is 4.79 Å². The minimum Gasteiger partial charge on any atom is -0.266 e. The first kappa shape index (κ1) is 7.75. The van der Waals surface area contributed by atoms with Gasteiger partial charge in [-0.2, -0.15) is 0 Å². The molecule has 0 saturated carbocycles. The molecule has 0 radical (unpaired) electrons. The summed E-state index contributed by atoms with van der Waals surface area (Å²) in [6, 6.07) is 7.42. The summed E-state index contributed by atoms with van der Waals surface area (Å²) in [7, 11) is 0. The summed E-state index contributed by atoms with van der Waals surface area (Å²) >= 11 is 0. The first-order valence-electron chi connectivity index (χ1n) is 3.98. The van der Waals surface area contributed by atoms with Gasteiger partial charge in [-0.05, 0) is 13.0 Å². The van der Waals surface area contributed by atoms with E-state index in [0.29, 0.717) is 5.57 Å². The second kappa shape index (κ2) is 2.87. The molecule has 1 aromatic carbocycles. The van der Waals surface area contributed by atoms with Crippen molar-refractivity contribution in [3.63, 3.8) is 0 Å². The highest BCUT2D eigenvalue weighted by molar-refractivity contribution is 6.20. The van der Waals surface area contributed by atoms with Crippen molar-refractivity contribution >= 4 is 11.5 Å². The van der Waals surface area contributed by atoms with E-state index in [2.05, 4.69) is 16.8 Å². The lowest BCUT2D eigenvalue weighted by molar-refractivity contribution is -0.112. The molecular weight excluding hydrogens is 162 g/mol. The molecular formula is C11H7NO. The lowest BCUT2D eigenvalue weighted by Gasteiger charge is -1.83. The van der Waals surface area contributed by atoms with Crippen LogP contribution in [0.4, 0.5) is 0 Å². The molecule has 0 spiro atoms. The normalized spacial score (nSPS) is 13.0. The Hall–Kier alpha value is -1.88. The first-order chi connectivity index (χ1) is 6.33. The number of nitrogens with zero attached hydrogens (tertiary/aromatic N) is 1. The average molecular weight is 169 g/mol. The number of carbonyl (C=O) groups is 1. The first-order valence-corrected chi connectivity index (χ1v) is 3.98. The highest BCUT2D eigenvalue weighted by Crippen LogP contribution is 1.97. The van der Waals surface area contributed by atoms with E-state index in [1.807, 2.05) is 24.3 Å². The zero-order valence-electron chi connectivity index (χ0n) is 7.16. The molecule has 1 aromatic rings. The van der Waals surface area contributed by atoms with Crippen LogP contribution in [0.1, 0.15) is 6.92 Å². The molecule has 2 heteroatoms. The summed E-state index contributed by atoms with van der Waals surface area (Å²) in [6.07, 6.45) is 0. The van der Waals surface area contributed by atoms with E-state index in [1.165, 1.54) is 0 Å². The number of hydrogen-bond acceptors (Lipinski definition) is 1. The second-order valence-electron chi connectivity index (χ2n) is 2.68. The van der Waals surface area contributed by atoms with E-state index >= 15 is 0 Å². The Labute approximate surface area is 75.6 Å². The van der Waals surface area contributed by atoms with Crippen molar-refractivity contribution in [1.29, 1.82) is 0 Å². The minimum absolute atomic E-state index is 0.226. The summed E-state index contributed by atoms with van der Waals surface area (Å²) in [4.78, 5) is 15.2. The summed E-state index contributed by atoms with van der Waals surface area (Å²) in [5.74, 6) is 5.26. The molecule has 2 nitrogen and oxygen atoms in total. The van der Waals surface area contributed by atoms with Crippen LogP contribution in [0.15, 0.2) is 29.3 Å². The van der Waals surface area contributed by atoms with E-state index in [4.69, 9.17) is 0 Å². The van der Waals surface area contributed by atoms with Crippen molar-refractivity contribution in [2.75, 3.05) is 0 Å². The quantitative estimate of drug-likeness (QED) is 0.503. The maximum Gasteiger partial charge on any atom is 0.286 e. The van der Waals surface area contributed by atoms with Crippen molar-refractivity contribution in [1.82, 2.24) is 0 Å². The highest BCUT2D eigenvalue weighted by Gasteiger charge is 2.12. The van der Waals surface area contributed by atoms with Crippen molar-refractivity contribution in [2.45, 2.75) is 6.92 Å². The fraction of sp³-hybridized carbons (Fsp3) is 0.0909. The topological polar surface area (TPSA) is 29.4 Å². The predicted octanol–water partition coefficient (Wildman–Crippen LogP) is 0.0204. The predicted molar refractivity (Wildman–Crippen MR) is 49.1 cm³/mol. The lowest BCUT2D eigenvalue weighted by atomic mass is 10.2. The molecule has 1 aliphatic heterocycles. The van der Waals surface area contributed by atoms with Gasteiger partial charge in [-0.1, -0.05) is 24.1 Å². The Bertz CT molecular complexity index is 543. The molecule has 0 bridgehead atoms. The lowest BCUT2D eigenvalue weighted by Crippen LogP contribution is -2.21. The minimum atomic E-state index is -0.226. The molecule has 2 rings (SSSR count). The number of amides is 1.